The predicted octanol–water partition coefficient (Wildman–Crippen LogP) is 4.83. The zero-order chi connectivity index (χ0) is 26.3. The van der Waals surface area contributed by atoms with Gasteiger partial charge in [-0.3, -0.25) is 9.10 Å². The molecule has 0 heterocycles. The molecule has 1 amide bonds. The third kappa shape index (κ3) is 6.67. The number of aryl methyl sites for hydroxylation is 1. The van der Waals surface area contributed by atoms with E-state index in [1.807, 2.05) is 37.3 Å². The molecule has 10 heteroatoms. The van der Waals surface area contributed by atoms with E-state index >= 15 is 0 Å². The second-order valence-corrected chi connectivity index (χ2v) is 10.4. The van der Waals surface area contributed by atoms with Crippen LogP contribution in [0, 0.1) is 5.82 Å². The monoisotopic (exact) mass is 534 g/mol. The highest BCUT2D eigenvalue weighted by Crippen LogP contribution is 2.33. The van der Waals surface area contributed by atoms with Crippen LogP contribution in [0.15, 0.2) is 71.6 Å². The van der Waals surface area contributed by atoms with Gasteiger partial charge in [-0.1, -0.05) is 41.9 Å². The van der Waals surface area contributed by atoms with Crippen LogP contribution in [0.25, 0.3) is 0 Å². The number of rotatable bonds is 11. The van der Waals surface area contributed by atoms with Crippen molar-refractivity contribution in [2.45, 2.75) is 30.7 Å². The van der Waals surface area contributed by atoms with Gasteiger partial charge in [0.05, 0.1) is 29.8 Å². The van der Waals surface area contributed by atoms with Gasteiger partial charge >= 0.3 is 0 Å². The summed E-state index contributed by atoms with van der Waals surface area (Å²) in [7, 11) is -1.45. The maximum atomic E-state index is 13.8. The fourth-order valence-electron chi connectivity index (χ4n) is 3.61. The molecule has 0 aliphatic carbocycles. The lowest BCUT2D eigenvalue weighted by molar-refractivity contribution is -0.120. The average Bonchev–Trinajstić information content (AvgIpc) is 2.87. The second kappa shape index (κ2) is 12.1. The molecule has 7 nitrogen and oxygen atoms in total. The van der Waals surface area contributed by atoms with Crippen molar-refractivity contribution < 1.29 is 27.1 Å². The predicted molar refractivity (Wildman–Crippen MR) is 138 cm³/mol. The summed E-state index contributed by atoms with van der Waals surface area (Å²) in [4.78, 5) is 12.8. The molecule has 0 radical (unpaired) electrons. The Morgan fingerprint density at radius 2 is 1.72 bits per heavy atom. The molecule has 0 fully saturated rings. The van der Waals surface area contributed by atoms with Gasteiger partial charge in [-0.15, -0.1) is 0 Å². The second-order valence-electron chi connectivity index (χ2n) is 8.12. The average molecular weight is 535 g/mol. The van der Waals surface area contributed by atoms with E-state index in [2.05, 4.69) is 5.32 Å². The lowest BCUT2D eigenvalue weighted by atomic mass is 10.1. The number of carbonyl (C=O) groups excluding carboxylic acids is 1. The van der Waals surface area contributed by atoms with Crippen LogP contribution < -0.4 is 19.1 Å². The molecule has 0 aliphatic heterocycles. The molecule has 1 unspecified atom stereocenters. The lowest BCUT2D eigenvalue weighted by Gasteiger charge is -2.25. The summed E-state index contributed by atoms with van der Waals surface area (Å²) in [5.74, 6) is -0.671. The molecular weight excluding hydrogens is 507 g/mol. The number of hydrogen-bond donors (Lipinski definition) is 1. The number of nitrogens with one attached hydrogen (secondary N) is 1. The largest absolute Gasteiger partial charge is 0.493 e. The van der Waals surface area contributed by atoms with E-state index in [1.165, 1.54) is 44.6 Å². The van der Waals surface area contributed by atoms with E-state index in [0.29, 0.717) is 12.2 Å². The van der Waals surface area contributed by atoms with Crippen molar-refractivity contribution in [1.29, 1.82) is 0 Å². The van der Waals surface area contributed by atoms with Crippen molar-refractivity contribution >= 4 is 33.2 Å². The van der Waals surface area contributed by atoms with E-state index in [-0.39, 0.29) is 27.4 Å². The molecule has 1 N–H and O–H groups in total. The Hall–Kier alpha value is -3.30. The summed E-state index contributed by atoms with van der Waals surface area (Å²) in [5, 5.41) is 2.58. The Labute approximate surface area is 215 Å². The Morgan fingerprint density at radius 1 is 1.03 bits per heavy atom. The Balaban J connectivity index is 1.86. The zero-order valence-electron chi connectivity index (χ0n) is 20.2. The Kier molecular flexibility index (Phi) is 9.17. The summed E-state index contributed by atoms with van der Waals surface area (Å²) in [6.45, 7) is 1.32. The van der Waals surface area contributed by atoms with Gasteiger partial charge in [0.15, 0.2) is 11.5 Å². The number of sulfonamides is 1. The number of nitrogens with zero attached hydrogens (tertiary/aromatic N) is 1. The van der Waals surface area contributed by atoms with Crippen LogP contribution in [0.4, 0.5) is 10.1 Å². The van der Waals surface area contributed by atoms with Gasteiger partial charge in [-0.25, -0.2) is 12.8 Å². The number of ether oxygens (including phenoxy) is 2. The van der Waals surface area contributed by atoms with Gasteiger partial charge in [-0.2, -0.15) is 0 Å². The summed E-state index contributed by atoms with van der Waals surface area (Å²) in [5.41, 5.74) is 1.18. The highest BCUT2D eigenvalue weighted by molar-refractivity contribution is 7.92. The normalized spacial score (nSPS) is 12.0. The van der Waals surface area contributed by atoms with Gasteiger partial charge in [0.2, 0.25) is 5.91 Å². The SMILES string of the molecule is COc1ccc(S(=O)(=O)N(CC(=O)NC(C)CCc2ccccc2)c2ccc(F)c(Cl)c2)cc1OC. The molecule has 0 bridgehead atoms. The molecule has 36 heavy (non-hydrogen) atoms. The van der Waals surface area contributed by atoms with Gasteiger partial charge in [-0.05, 0) is 55.7 Å². The van der Waals surface area contributed by atoms with E-state index in [9.17, 15) is 17.6 Å². The maximum Gasteiger partial charge on any atom is 0.264 e. The van der Waals surface area contributed by atoms with E-state index < -0.39 is 28.3 Å². The summed E-state index contributed by atoms with van der Waals surface area (Å²) < 4.78 is 52.4. The molecule has 0 saturated carbocycles. The van der Waals surface area contributed by atoms with Crippen molar-refractivity contribution in [3.8, 4) is 11.5 Å². The quantitative estimate of drug-likeness (QED) is 0.381. The number of carbonyl (C=O) groups is 1. The molecule has 3 aromatic rings. The third-order valence-electron chi connectivity index (χ3n) is 5.54. The van der Waals surface area contributed by atoms with Crippen molar-refractivity contribution in [1.82, 2.24) is 5.32 Å². The first-order valence-corrected chi connectivity index (χ1v) is 13.0. The summed E-state index contributed by atoms with van der Waals surface area (Å²) >= 11 is 5.93. The van der Waals surface area contributed by atoms with Crippen LogP contribution in [0.1, 0.15) is 18.9 Å². The molecular formula is C26H28ClFN2O5S. The van der Waals surface area contributed by atoms with Crippen molar-refractivity contribution in [3.05, 3.63) is 83.1 Å². The van der Waals surface area contributed by atoms with Crippen LogP contribution in [0.5, 0.6) is 11.5 Å². The lowest BCUT2D eigenvalue weighted by Crippen LogP contribution is -2.43. The number of halogens is 2. The number of anilines is 1. The molecule has 0 aromatic heterocycles. The molecule has 3 aromatic carbocycles. The standard InChI is InChI=1S/C26H28ClFN2O5S/c1-18(9-10-19-7-5-4-6-8-19)29-26(31)17-30(20-11-13-23(28)22(27)15-20)36(32,33)21-12-14-24(34-2)25(16-21)35-3/h4-8,11-16,18H,9-10,17H2,1-3H3,(H,29,31). The fraction of sp³-hybridized carbons (Fsp3) is 0.269. The summed E-state index contributed by atoms with van der Waals surface area (Å²) in [6, 6.07) is 17.2. The van der Waals surface area contributed by atoms with Gasteiger partial charge in [0.25, 0.3) is 10.0 Å². The minimum atomic E-state index is -4.27. The van der Waals surface area contributed by atoms with Gasteiger partial charge in [0, 0.05) is 12.1 Å². The molecule has 0 saturated heterocycles. The molecule has 1 atom stereocenters. The molecule has 0 aliphatic rings. The minimum Gasteiger partial charge on any atom is -0.493 e. The molecule has 192 valence electrons. The maximum absolute atomic E-state index is 13.8. The molecule has 3 rings (SSSR count). The smallest absolute Gasteiger partial charge is 0.264 e. The van der Waals surface area contributed by atoms with Crippen LogP contribution >= 0.6 is 11.6 Å². The Morgan fingerprint density at radius 3 is 2.36 bits per heavy atom. The van der Waals surface area contributed by atoms with Gasteiger partial charge in [0.1, 0.15) is 12.4 Å². The first kappa shape index (κ1) is 27.3. The number of amides is 1. The zero-order valence-corrected chi connectivity index (χ0v) is 21.8. The van der Waals surface area contributed by atoms with Crippen LogP contribution in [0.2, 0.25) is 5.02 Å². The number of methoxy groups -OCH3 is 2. The van der Waals surface area contributed by atoms with E-state index in [0.717, 1.165) is 22.4 Å². The van der Waals surface area contributed by atoms with Crippen molar-refractivity contribution in [3.63, 3.8) is 0 Å². The topological polar surface area (TPSA) is 84.9 Å². The van der Waals surface area contributed by atoms with Crippen LogP contribution in [0.3, 0.4) is 0 Å². The third-order valence-corrected chi connectivity index (χ3v) is 7.60. The van der Waals surface area contributed by atoms with E-state index in [1.54, 1.807) is 0 Å². The first-order chi connectivity index (χ1) is 17.1. The molecule has 0 spiro atoms. The minimum absolute atomic E-state index is 0.0447. The summed E-state index contributed by atoms with van der Waals surface area (Å²) in [6.07, 6.45) is 1.42. The van der Waals surface area contributed by atoms with Crippen LogP contribution in [-0.2, 0) is 21.2 Å². The van der Waals surface area contributed by atoms with Crippen LogP contribution in [-0.4, -0.2) is 41.1 Å². The number of hydrogen-bond acceptors (Lipinski definition) is 5. The van der Waals surface area contributed by atoms with E-state index in [4.69, 9.17) is 21.1 Å². The van der Waals surface area contributed by atoms with Crippen molar-refractivity contribution in [2.75, 3.05) is 25.1 Å². The van der Waals surface area contributed by atoms with Gasteiger partial charge < -0.3 is 14.8 Å². The Bertz CT molecular complexity index is 1300. The number of benzene rings is 3. The first-order valence-electron chi connectivity index (χ1n) is 11.2. The highest BCUT2D eigenvalue weighted by Gasteiger charge is 2.29. The van der Waals surface area contributed by atoms with Crippen molar-refractivity contribution in [2.24, 2.45) is 0 Å². The highest BCUT2D eigenvalue weighted by atomic mass is 35.5. The fourth-order valence-corrected chi connectivity index (χ4v) is 5.21.